The van der Waals surface area contributed by atoms with Gasteiger partial charge in [-0.25, -0.2) is 0 Å². The highest BCUT2D eigenvalue weighted by molar-refractivity contribution is 7.00. The molecule has 6 aliphatic heterocycles. The van der Waals surface area contributed by atoms with Crippen LogP contribution in [0.15, 0.2) is 328 Å². The van der Waals surface area contributed by atoms with Crippen LogP contribution in [0.3, 0.4) is 0 Å². The van der Waals surface area contributed by atoms with E-state index in [1.165, 1.54) is 198 Å². The molecule has 0 aliphatic carbocycles. The molecule has 0 unspecified atom stereocenters. The first-order valence-electron chi connectivity index (χ1n) is 37.5. The van der Waals surface area contributed by atoms with Crippen LogP contribution in [0, 0.1) is 0 Å². The first kappa shape index (κ1) is 60.5. The number of hydrogen-bond acceptors (Lipinski definition) is 0. The van der Waals surface area contributed by atoms with E-state index < -0.39 is 0 Å². The summed E-state index contributed by atoms with van der Waals surface area (Å²) in [7, 11) is 0. The van der Waals surface area contributed by atoms with Gasteiger partial charge < -0.3 is 13.7 Å². The molecule has 0 saturated carbocycles. The maximum absolute atomic E-state index is 2.55. The summed E-state index contributed by atoms with van der Waals surface area (Å²) in [6, 6.07) is 122. The van der Waals surface area contributed by atoms with Crippen molar-refractivity contribution in [1.82, 2.24) is 13.7 Å². The van der Waals surface area contributed by atoms with E-state index in [1.807, 2.05) is 0 Å². The molecule has 6 aliphatic rings. The fraction of sp³-hybridized carbons (Fsp3) is 0.0909. The van der Waals surface area contributed by atoms with Gasteiger partial charge in [-0.1, -0.05) is 337 Å². The van der Waals surface area contributed by atoms with E-state index in [-0.39, 0.29) is 36.4 Å². The van der Waals surface area contributed by atoms with E-state index in [4.69, 9.17) is 0 Å². The summed E-state index contributed by atoms with van der Waals surface area (Å²) in [6.45, 7) is 15.2. The number of aromatic nitrogens is 3. The molecule has 6 heteroatoms. The van der Waals surface area contributed by atoms with Crippen molar-refractivity contribution in [2.45, 2.75) is 57.8 Å². The summed E-state index contributed by atoms with van der Waals surface area (Å²) in [5.41, 5.74) is 41.2. The topological polar surface area (TPSA) is 14.8 Å². The molecule has 0 bridgehead atoms. The standard InChI is InChI=1S/3C33H24BN/c1-33(2)25-15-7-8-16-26(25)34-27-17-9-11-19-29(27)35-28-18-10-6-14-22(28)24-20-23(21-12-4-3-5-13-21)30(33)31(34)32(24)35;1-33(2)24-15-7-8-16-26(24)34-27-17-9-11-19-29(27)35-28-18-10-6-14-22(28)30-23(21-12-4-3-5-13-21)20-25(33)31(34)32(30)35;1-33(2)25-20-19-24-23-13-6-8-17-28(23)35-29-18-9-7-15-26(29)34(31(25)32(24)35)27-16-10-14-22(30(27)33)21-11-4-3-5-12-21/h3*3-20H,1-2H3. The highest BCUT2D eigenvalue weighted by atomic mass is 15.0. The molecule has 3 nitrogen and oxygen atoms in total. The summed E-state index contributed by atoms with van der Waals surface area (Å²) in [5, 5.41) is 8.08. The lowest BCUT2D eigenvalue weighted by Gasteiger charge is -2.42. The average Bonchev–Trinajstić information content (AvgIpc) is 1.63. The molecule has 0 spiro atoms. The van der Waals surface area contributed by atoms with Crippen molar-refractivity contribution in [1.29, 1.82) is 0 Å². The van der Waals surface area contributed by atoms with Gasteiger partial charge in [0.05, 0.1) is 22.1 Å². The van der Waals surface area contributed by atoms with E-state index in [1.54, 1.807) is 0 Å². The molecule has 105 heavy (non-hydrogen) atoms. The lowest BCUT2D eigenvalue weighted by atomic mass is 9.30. The molecule has 0 fully saturated rings. The van der Waals surface area contributed by atoms with Crippen molar-refractivity contribution in [3.63, 3.8) is 0 Å². The zero-order valence-corrected chi connectivity index (χ0v) is 59.8. The van der Waals surface area contributed by atoms with Crippen LogP contribution < -0.4 is 49.2 Å². The smallest absolute Gasteiger partial charge is 0.247 e. The second-order valence-electron chi connectivity index (χ2n) is 31.6. The largest absolute Gasteiger partial charge is 0.310 e. The monoisotopic (exact) mass is 1340 g/mol. The Bertz CT molecular complexity index is 6750. The lowest BCUT2D eigenvalue weighted by Crippen LogP contribution is -2.63. The molecule has 9 heterocycles. The number of para-hydroxylation sites is 6. The first-order valence-corrected chi connectivity index (χ1v) is 37.5. The van der Waals surface area contributed by atoms with Crippen molar-refractivity contribution in [2.24, 2.45) is 0 Å². The fourth-order valence-corrected chi connectivity index (χ4v) is 21.1. The average molecular weight is 1340 g/mol. The molecule has 0 N–H and O–H groups in total. The van der Waals surface area contributed by atoms with Crippen LogP contribution in [0.1, 0.15) is 74.9 Å². The predicted molar refractivity (Wildman–Crippen MR) is 448 cm³/mol. The second kappa shape index (κ2) is 22.0. The number of rotatable bonds is 3. The third-order valence-electron chi connectivity index (χ3n) is 25.3. The maximum atomic E-state index is 2.55. The molecule has 3 aromatic heterocycles. The zero-order chi connectivity index (χ0) is 69.9. The Kier molecular flexibility index (Phi) is 12.7. The third-order valence-corrected chi connectivity index (χ3v) is 25.3. The van der Waals surface area contributed by atoms with E-state index in [0.717, 1.165) is 0 Å². The van der Waals surface area contributed by atoms with Gasteiger partial charge in [0.15, 0.2) is 0 Å². The quantitative estimate of drug-likeness (QED) is 0.157. The van der Waals surface area contributed by atoms with Gasteiger partial charge in [0.2, 0.25) is 20.1 Å². The molecule has 0 atom stereocenters. The number of hydrogen-bond donors (Lipinski definition) is 0. The Morgan fingerprint density at radius 3 is 1.19 bits per heavy atom. The van der Waals surface area contributed by atoms with E-state index in [0.29, 0.717) is 0 Å². The molecular weight excluding hydrogens is 1260 g/mol. The Balaban J connectivity index is 0.0000000986. The SMILES string of the molecule is CC1(C)c2ccc3c4ccccc4n4c3c2B(c2ccccc2-4)c2cccc(-c3ccccc3)c21.CC1(C)c2ccccc2B2c3ccccc3-n3c4ccccc4c4c(-c5ccccc5)cc1c2c43.CC1(C)c2ccccc2B2c3ccccc3-n3c4ccccc4c4cc(-c5ccccc5)c1c2c43. The second-order valence-corrected chi connectivity index (χ2v) is 31.6. The van der Waals surface area contributed by atoms with Gasteiger partial charge in [-0.3, -0.25) is 0 Å². The van der Waals surface area contributed by atoms with Crippen LogP contribution in [0.25, 0.3) is 116 Å². The van der Waals surface area contributed by atoms with Gasteiger partial charge in [-0.2, -0.15) is 0 Å². The van der Waals surface area contributed by atoms with Gasteiger partial charge in [-0.05, 0) is 148 Å². The molecule has 0 radical (unpaired) electrons. The molecular formula is C99H72B3N3. The van der Waals surface area contributed by atoms with Crippen LogP contribution in [0.4, 0.5) is 0 Å². The molecule has 0 saturated heterocycles. The van der Waals surface area contributed by atoms with Gasteiger partial charge in [0.25, 0.3) is 0 Å². The number of fused-ring (bicyclic) bond motifs is 24. The highest BCUT2D eigenvalue weighted by Gasteiger charge is 2.50. The minimum atomic E-state index is -0.116. The van der Waals surface area contributed by atoms with Crippen molar-refractivity contribution in [2.75, 3.05) is 0 Å². The Morgan fingerprint density at radius 1 is 0.229 bits per heavy atom. The van der Waals surface area contributed by atoms with Gasteiger partial charge in [0, 0.05) is 76.7 Å². The summed E-state index contributed by atoms with van der Waals surface area (Å²) < 4.78 is 7.61. The van der Waals surface area contributed by atoms with Gasteiger partial charge in [-0.15, -0.1) is 0 Å². The molecule has 24 rings (SSSR count). The summed E-state index contributed by atoms with van der Waals surface area (Å²) in [5.74, 6) is 0. The molecule has 18 aromatic rings. The van der Waals surface area contributed by atoms with Crippen molar-refractivity contribution in [3.8, 4) is 50.4 Å². The zero-order valence-electron chi connectivity index (χ0n) is 59.8. The number of nitrogens with zero attached hydrogens (tertiary/aromatic N) is 3. The van der Waals surface area contributed by atoms with Crippen LogP contribution in [-0.2, 0) is 16.2 Å². The van der Waals surface area contributed by atoms with Crippen LogP contribution in [0.2, 0.25) is 0 Å². The van der Waals surface area contributed by atoms with Crippen molar-refractivity contribution < 1.29 is 0 Å². The third kappa shape index (κ3) is 8.09. The summed E-state index contributed by atoms with van der Waals surface area (Å²) in [4.78, 5) is 0. The van der Waals surface area contributed by atoms with E-state index >= 15 is 0 Å². The Labute approximate surface area is 613 Å². The Morgan fingerprint density at radius 2 is 0.619 bits per heavy atom. The normalized spacial score (nSPS) is 14.7. The van der Waals surface area contributed by atoms with Crippen molar-refractivity contribution in [3.05, 3.63) is 361 Å². The van der Waals surface area contributed by atoms with E-state index in [2.05, 4.69) is 383 Å². The summed E-state index contributed by atoms with van der Waals surface area (Å²) >= 11 is 0. The maximum Gasteiger partial charge on any atom is 0.247 e. The first-order chi connectivity index (χ1) is 51.5. The van der Waals surface area contributed by atoms with E-state index in [9.17, 15) is 0 Å². The lowest BCUT2D eigenvalue weighted by molar-refractivity contribution is 0.646. The van der Waals surface area contributed by atoms with Crippen molar-refractivity contribution >= 4 is 135 Å². The van der Waals surface area contributed by atoms with Crippen LogP contribution in [-0.4, -0.2) is 33.8 Å². The highest BCUT2D eigenvalue weighted by Crippen LogP contribution is 2.49. The predicted octanol–water partition coefficient (Wildman–Crippen LogP) is 17.8. The fourth-order valence-electron chi connectivity index (χ4n) is 21.1. The van der Waals surface area contributed by atoms with Crippen LogP contribution >= 0.6 is 0 Å². The summed E-state index contributed by atoms with van der Waals surface area (Å²) in [6.07, 6.45) is 0. The van der Waals surface area contributed by atoms with Gasteiger partial charge >= 0.3 is 0 Å². The molecule has 492 valence electrons. The van der Waals surface area contributed by atoms with Gasteiger partial charge in [0.1, 0.15) is 0 Å². The van der Waals surface area contributed by atoms with Crippen LogP contribution in [0.5, 0.6) is 0 Å². The molecule has 0 amide bonds. The minimum Gasteiger partial charge on any atom is -0.310 e. The molecule has 15 aromatic carbocycles. The Hall–Kier alpha value is -12.1. The minimum absolute atomic E-state index is 0.0896. The number of benzene rings is 15.